The average Bonchev–Trinajstić information content (AvgIpc) is 2.57. The second-order valence-electron chi connectivity index (χ2n) is 6.78. The molecule has 1 fully saturated rings. The molecule has 2 N–H and O–H groups in total. The maximum absolute atomic E-state index is 12.5. The third kappa shape index (κ3) is 3.68. The van der Waals surface area contributed by atoms with Crippen LogP contribution < -0.4 is 0 Å². The Morgan fingerprint density at radius 1 is 1.23 bits per heavy atom. The highest BCUT2D eigenvalue weighted by Gasteiger charge is 2.60. The van der Waals surface area contributed by atoms with Gasteiger partial charge < -0.3 is 19.7 Å². The lowest BCUT2D eigenvalue weighted by Crippen LogP contribution is -2.60. The SMILES string of the molecule is CC(C)(C)OC(=O)N1C(C)(C)OC[C@]1(CCC(=O)O)C(=O)O. The molecule has 1 amide bonds. The molecular formula is C14H23NO7. The Morgan fingerprint density at radius 2 is 1.77 bits per heavy atom. The summed E-state index contributed by atoms with van der Waals surface area (Å²) >= 11 is 0. The number of hydrogen-bond donors (Lipinski definition) is 2. The Bertz CT molecular complexity index is 480. The third-order valence-corrected chi connectivity index (χ3v) is 3.36. The summed E-state index contributed by atoms with van der Waals surface area (Å²) in [6.45, 7) is 7.78. The molecule has 1 atom stereocenters. The van der Waals surface area contributed by atoms with Crippen LogP contribution in [0.2, 0.25) is 0 Å². The lowest BCUT2D eigenvalue weighted by atomic mass is 9.92. The van der Waals surface area contributed by atoms with Gasteiger partial charge in [-0.1, -0.05) is 0 Å². The molecule has 22 heavy (non-hydrogen) atoms. The van der Waals surface area contributed by atoms with Crippen LogP contribution in [-0.4, -0.2) is 56.6 Å². The van der Waals surface area contributed by atoms with Gasteiger partial charge in [0.15, 0.2) is 5.54 Å². The summed E-state index contributed by atoms with van der Waals surface area (Å²) in [4.78, 5) is 36.1. The summed E-state index contributed by atoms with van der Waals surface area (Å²) in [5, 5.41) is 18.4. The Balaban J connectivity index is 3.20. The Labute approximate surface area is 129 Å². The minimum absolute atomic E-state index is 0.264. The number of carboxylic acids is 2. The van der Waals surface area contributed by atoms with Crippen molar-refractivity contribution in [1.82, 2.24) is 4.90 Å². The summed E-state index contributed by atoms with van der Waals surface area (Å²) in [5.74, 6) is -2.46. The molecule has 0 bridgehead atoms. The zero-order chi connectivity index (χ0) is 17.3. The number of carbonyl (C=O) groups is 3. The molecule has 0 aromatic rings. The molecular weight excluding hydrogens is 294 g/mol. The van der Waals surface area contributed by atoms with E-state index in [0.29, 0.717) is 0 Å². The highest BCUT2D eigenvalue weighted by Crippen LogP contribution is 2.39. The summed E-state index contributed by atoms with van der Waals surface area (Å²) in [6.07, 6.45) is -1.51. The second kappa shape index (κ2) is 5.75. The van der Waals surface area contributed by atoms with E-state index in [9.17, 15) is 19.5 Å². The van der Waals surface area contributed by atoms with Gasteiger partial charge in [0.1, 0.15) is 11.3 Å². The second-order valence-corrected chi connectivity index (χ2v) is 6.78. The van der Waals surface area contributed by atoms with Gasteiger partial charge in [-0.25, -0.2) is 9.59 Å². The van der Waals surface area contributed by atoms with Gasteiger partial charge in [0.05, 0.1) is 6.61 Å². The van der Waals surface area contributed by atoms with E-state index in [1.807, 2.05) is 0 Å². The smallest absolute Gasteiger partial charge is 0.413 e. The first-order valence-electron chi connectivity index (χ1n) is 6.94. The number of hydrogen-bond acceptors (Lipinski definition) is 5. The Morgan fingerprint density at radius 3 is 2.18 bits per heavy atom. The van der Waals surface area contributed by atoms with E-state index in [4.69, 9.17) is 14.6 Å². The molecule has 8 nitrogen and oxygen atoms in total. The van der Waals surface area contributed by atoms with Gasteiger partial charge in [-0.3, -0.25) is 9.69 Å². The van der Waals surface area contributed by atoms with Gasteiger partial charge in [-0.2, -0.15) is 0 Å². The standard InChI is InChI=1S/C14H23NO7/c1-12(2,3)22-11(20)15-13(4,5)21-8-14(15,10(18)19)7-6-9(16)17/h6-8H2,1-5H3,(H,16,17)(H,18,19)/t14-/m1/s1. The molecule has 1 aliphatic heterocycles. The fourth-order valence-corrected chi connectivity index (χ4v) is 2.40. The molecule has 1 aliphatic rings. The third-order valence-electron chi connectivity index (χ3n) is 3.36. The lowest BCUT2D eigenvalue weighted by Gasteiger charge is -2.39. The zero-order valence-electron chi connectivity index (χ0n) is 13.5. The van der Waals surface area contributed by atoms with Crippen molar-refractivity contribution in [2.24, 2.45) is 0 Å². The van der Waals surface area contributed by atoms with E-state index in [1.165, 1.54) is 0 Å². The van der Waals surface area contributed by atoms with Gasteiger partial charge >= 0.3 is 18.0 Å². The van der Waals surface area contributed by atoms with Crippen LogP contribution in [0.3, 0.4) is 0 Å². The number of ether oxygens (including phenoxy) is 2. The zero-order valence-corrected chi connectivity index (χ0v) is 13.5. The molecule has 0 aromatic heterocycles. The van der Waals surface area contributed by atoms with Crippen molar-refractivity contribution in [2.45, 2.75) is 64.3 Å². The molecule has 0 aliphatic carbocycles. The minimum atomic E-state index is -1.76. The monoisotopic (exact) mass is 317 g/mol. The summed E-state index contributed by atoms with van der Waals surface area (Å²) in [7, 11) is 0. The van der Waals surface area contributed by atoms with Crippen LogP contribution in [0.15, 0.2) is 0 Å². The number of amides is 1. The van der Waals surface area contributed by atoms with E-state index in [2.05, 4.69) is 0 Å². The first-order valence-corrected chi connectivity index (χ1v) is 6.94. The molecule has 8 heteroatoms. The van der Waals surface area contributed by atoms with Crippen LogP contribution in [-0.2, 0) is 19.1 Å². The van der Waals surface area contributed by atoms with Crippen molar-refractivity contribution in [2.75, 3.05) is 6.61 Å². The molecule has 1 saturated heterocycles. The molecule has 0 spiro atoms. The van der Waals surface area contributed by atoms with Crippen LogP contribution >= 0.6 is 0 Å². The van der Waals surface area contributed by atoms with Crippen molar-refractivity contribution in [3.8, 4) is 0 Å². The molecule has 0 aromatic carbocycles. The number of carbonyl (C=O) groups excluding carboxylic acids is 1. The van der Waals surface area contributed by atoms with Crippen molar-refractivity contribution >= 4 is 18.0 Å². The molecule has 0 radical (unpaired) electrons. The summed E-state index contributed by atoms with van der Waals surface area (Å²) < 4.78 is 10.7. The van der Waals surface area contributed by atoms with E-state index in [0.717, 1.165) is 4.90 Å². The number of nitrogens with zero attached hydrogens (tertiary/aromatic N) is 1. The Kier molecular flexibility index (Phi) is 4.76. The summed E-state index contributed by atoms with van der Waals surface area (Å²) in [6, 6.07) is 0. The molecule has 0 unspecified atom stereocenters. The van der Waals surface area contributed by atoms with E-state index in [-0.39, 0.29) is 13.0 Å². The van der Waals surface area contributed by atoms with Crippen molar-refractivity contribution < 1.29 is 34.1 Å². The van der Waals surface area contributed by atoms with Crippen LogP contribution in [0, 0.1) is 0 Å². The van der Waals surface area contributed by atoms with Gasteiger partial charge in [-0.05, 0) is 41.0 Å². The van der Waals surface area contributed by atoms with Gasteiger partial charge in [-0.15, -0.1) is 0 Å². The van der Waals surface area contributed by atoms with Crippen LogP contribution in [0.4, 0.5) is 4.79 Å². The number of rotatable bonds is 4. The average molecular weight is 317 g/mol. The fraction of sp³-hybridized carbons (Fsp3) is 0.786. The van der Waals surface area contributed by atoms with Crippen LogP contribution in [0.5, 0.6) is 0 Å². The maximum atomic E-state index is 12.5. The van der Waals surface area contributed by atoms with Gasteiger partial charge in [0, 0.05) is 6.42 Å². The van der Waals surface area contributed by atoms with E-state index >= 15 is 0 Å². The van der Waals surface area contributed by atoms with Crippen molar-refractivity contribution in [3.05, 3.63) is 0 Å². The van der Waals surface area contributed by atoms with Crippen molar-refractivity contribution in [1.29, 1.82) is 0 Å². The van der Waals surface area contributed by atoms with Gasteiger partial charge in [0.2, 0.25) is 0 Å². The number of aliphatic carboxylic acids is 2. The number of carboxylic acid groups (broad SMARTS) is 2. The first kappa shape index (κ1) is 18.2. The highest BCUT2D eigenvalue weighted by atomic mass is 16.6. The predicted octanol–water partition coefficient (Wildman–Crippen LogP) is 1.68. The van der Waals surface area contributed by atoms with Crippen LogP contribution in [0.25, 0.3) is 0 Å². The first-order chi connectivity index (χ1) is 9.82. The quantitative estimate of drug-likeness (QED) is 0.810. The fourth-order valence-electron chi connectivity index (χ4n) is 2.40. The lowest BCUT2D eigenvalue weighted by molar-refractivity contribution is -0.152. The summed E-state index contributed by atoms with van der Waals surface area (Å²) in [5.41, 5.74) is -3.78. The van der Waals surface area contributed by atoms with Crippen molar-refractivity contribution in [3.63, 3.8) is 0 Å². The topological polar surface area (TPSA) is 113 Å². The molecule has 126 valence electrons. The molecule has 0 saturated carbocycles. The molecule has 1 rings (SSSR count). The highest BCUT2D eigenvalue weighted by molar-refractivity contribution is 5.86. The largest absolute Gasteiger partial charge is 0.481 e. The predicted molar refractivity (Wildman–Crippen MR) is 75.3 cm³/mol. The maximum Gasteiger partial charge on any atom is 0.413 e. The normalized spacial score (nSPS) is 24.1. The minimum Gasteiger partial charge on any atom is -0.481 e. The van der Waals surface area contributed by atoms with E-state index in [1.54, 1.807) is 34.6 Å². The Hall–Kier alpha value is -1.83. The van der Waals surface area contributed by atoms with Crippen LogP contribution in [0.1, 0.15) is 47.5 Å². The van der Waals surface area contributed by atoms with E-state index < -0.39 is 41.3 Å². The molecule has 1 heterocycles. The van der Waals surface area contributed by atoms with Gasteiger partial charge in [0.25, 0.3) is 0 Å².